The Hall–Kier alpha value is -0.0800. The maximum atomic E-state index is 5.77. The highest BCUT2D eigenvalue weighted by Crippen LogP contribution is 2.10. The van der Waals surface area contributed by atoms with Crippen LogP contribution in [0.25, 0.3) is 0 Å². The molecule has 1 saturated heterocycles. The second kappa shape index (κ2) is 9.77. The first-order valence-corrected chi connectivity index (χ1v) is 6.75. The summed E-state index contributed by atoms with van der Waals surface area (Å²) in [5, 5.41) is 3.13. The number of nitrogens with two attached hydrogens (primary N) is 1. The van der Waals surface area contributed by atoms with Crippen LogP contribution in [0.15, 0.2) is 4.99 Å². The molecule has 0 aromatic heterocycles. The summed E-state index contributed by atoms with van der Waals surface area (Å²) in [7, 11) is 0. The molecular formula is C13H28IN3O2. The third-order valence-electron chi connectivity index (χ3n) is 2.61. The fraction of sp³-hybridized carbons (Fsp3) is 0.923. The zero-order valence-corrected chi connectivity index (χ0v) is 14.6. The van der Waals surface area contributed by atoms with Gasteiger partial charge in [0.25, 0.3) is 0 Å². The number of nitrogens with zero attached hydrogens (tertiary/aromatic N) is 1. The van der Waals surface area contributed by atoms with Crippen molar-refractivity contribution in [2.45, 2.75) is 51.7 Å². The largest absolute Gasteiger partial charge is 0.381 e. The maximum Gasteiger partial charge on any atom is 0.188 e. The van der Waals surface area contributed by atoms with Crippen LogP contribution in [-0.2, 0) is 9.47 Å². The Morgan fingerprint density at radius 3 is 2.58 bits per heavy atom. The second-order valence-corrected chi connectivity index (χ2v) is 5.68. The van der Waals surface area contributed by atoms with Crippen LogP contribution in [0.5, 0.6) is 0 Å². The minimum Gasteiger partial charge on any atom is -0.381 e. The smallest absolute Gasteiger partial charge is 0.188 e. The van der Waals surface area contributed by atoms with E-state index in [1.54, 1.807) is 0 Å². The molecule has 0 spiro atoms. The lowest BCUT2D eigenvalue weighted by atomic mass is 10.1. The summed E-state index contributed by atoms with van der Waals surface area (Å²) >= 11 is 0. The number of ether oxygens (including phenoxy) is 2. The maximum absolute atomic E-state index is 5.77. The van der Waals surface area contributed by atoms with Crippen molar-refractivity contribution in [1.29, 1.82) is 0 Å². The van der Waals surface area contributed by atoms with E-state index in [0.29, 0.717) is 18.6 Å². The molecule has 0 atom stereocenters. The van der Waals surface area contributed by atoms with Crippen molar-refractivity contribution in [3.05, 3.63) is 0 Å². The average molecular weight is 385 g/mol. The predicted octanol–water partition coefficient (Wildman–Crippen LogP) is 1.89. The lowest BCUT2D eigenvalue weighted by Gasteiger charge is -2.22. The van der Waals surface area contributed by atoms with Gasteiger partial charge in [0.1, 0.15) is 0 Å². The predicted molar refractivity (Wildman–Crippen MR) is 89.2 cm³/mol. The van der Waals surface area contributed by atoms with Crippen molar-refractivity contribution in [1.82, 2.24) is 5.32 Å². The number of nitrogens with one attached hydrogen (secondary N) is 1. The van der Waals surface area contributed by atoms with Crippen LogP contribution >= 0.6 is 24.0 Å². The van der Waals surface area contributed by atoms with Gasteiger partial charge >= 0.3 is 0 Å². The van der Waals surface area contributed by atoms with E-state index in [1.807, 2.05) is 0 Å². The monoisotopic (exact) mass is 385 g/mol. The van der Waals surface area contributed by atoms with E-state index in [1.165, 1.54) is 0 Å². The highest BCUT2D eigenvalue weighted by molar-refractivity contribution is 14.0. The van der Waals surface area contributed by atoms with Gasteiger partial charge in [0.05, 0.1) is 6.10 Å². The summed E-state index contributed by atoms with van der Waals surface area (Å²) in [6.07, 6.45) is 3.30. The molecule has 19 heavy (non-hydrogen) atoms. The first-order valence-electron chi connectivity index (χ1n) is 6.75. The van der Waals surface area contributed by atoms with Gasteiger partial charge in [-0.3, -0.25) is 4.99 Å². The number of hydrogen-bond donors (Lipinski definition) is 2. The Labute approximate surface area is 133 Å². The second-order valence-electron chi connectivity index (χ2n) is 5.68. The molecule has 1 fully saturated rings. The van der Waals surface area contributed by atoms with Crippen LogP contribution in [0, 0.1) is 0 Å². The van der Waals surface area contributed by atoms with E-state index in [2.05, 4.69) is 31.1 Å². The van der Waals surface area contributed by atoms with Crippen LogP contribution in [0.1, 0.15) is 40.0 Å². The Morgan fingerprint density at radius 1 is 1.37 bits per heavy atom. The highest BCUT2D eigenvalue weighted by atomic mass is 127. The number of halogens is 1. The zero-order valence-electron chi connectivity index (χ0n) is 12.3. The first-order chi connectivity index (χ1) is 8.47. The molecular weight excluding hydrogens is 357 g/mol. The van der Waals surface area contributed by atoms with E-state index in [0.717, 1.165) is 39.1 Å². The summed E-state index contributed by atoms with van der Waals surface area (Å²) in [5.74, 6) is 0.508. The van der Waals surface area contributed by atoms with Gasteiger partial charge in [-0.1, -0.05) is 0 Å². The summed E-state index contributed by atoms with van der Waals surface area (Å²) < 4.78 is 11.0. The van der Waals surface area contributed by atoms with Crippen LogP contribution in [0.3, 0.4) is 0 Å². The molecule has 0 aliphatic carbocycles. The van der Waals surface area contributed by atoms with Crippen LogP contribution in [0.2, 0.25) is 0 Å². The fourth-order valence-corrected chi connectivity index (χ4v) is 1.78. The molecule has 1 aliphatic rings. The molecule has 1 rings (SSSR count). The SMILES string of the molecule is CC(C)(C)NC(N)=NCCCOC1CCOCC1.I. The summed E-state index contributed by atoms with van der Waals surface area (Å²) in [6.45, 7) is 9.28. The molecule has 5 nitrogen and oxygen atoms in total. The molecule has 6 heteroatoms. The molecule has 0 aromatic carbocycles. The number of rotatable bonds is 5. The lowest BCUT2D eigenvalue weighted by molar-refractivity contribution is -0.0318. The quantitative estimate of drug-likeness (QED) is 0.328. The van der Waals surface area contributed by atoms with Gasteiger partial charge in [-0.05, 0) is 40.0 Å². The molecule has 114 valence electrons. The van der Waals surface area contributed by atoms with E-state index in [9.17, 15) is 0 Å². The molecule has 1 heterocycles. The van der Waals surface area contributed by atoms with Crippen molar-refractivity contribution in [2.75, 3.05) is 26.4 Å². The number of hydrogen-bond acceptors (Lipinski definition) is 3. The third kappa shape index (κ3) is 10.4. The average Bonchev–Trinajstić information content (AvgIpc) is 2.27. The molecule has 0 saturated carbocycles. The van der Waals surface area contributed by atoms with Gasteiger partial charge < -0.3 is 20.5 Å². The fourth-order valence-electron chi connectivity index (χ4n) is 1.78. The lowest BCUT2D eigenvalue weighted by Crippen LogP contribution is -2.45. The van der Waals surface area contributed by atoms with Crippen molar-refractivity contribution in [2.24, 2.45) is 10.7 Å². The molecule has 1 aliphatic heterocycles. The Bertz CT molecular complexity index is 261. The molecule has 3 N–H and O–H groups in total. The normalized spacial score (nSPS) is 17.9. The molecule has 0 amide bonds. The Balaban J connectivity index is 0.00000324. The van der Waals surface area contributed by atoms with Crippen molar-refractivity contribution in [3.63, 3.8) is 0 Å². The van der Waals surface area contributed by atoms with E-state index < -0.39 is 0 Å². The van der Waals surface area contributed by atoms with Crippen LogP contribution < -0.4 is 11.1 Å². The first kappa shape index (κ1) is 18.9. The third-order valence-corrected chi connectivity index (χ3v) is 2.61. The minimum absolute atomic E-state index is 0. The Morgan fingerprint density at radius 2 is 2.00 bits per heavy atom. The summed E-state index contributed by atoms with van der Waals surface area (Å²) in [5.41, 5.74) is 5.73. The Kier molecular flexibility index (Phi) is 9.72. The van der Waals surface area contributed by atoms with Crippen molar-refractivity contribution in [3.8, 4) is 0 Å². The van der Waals surface area contributed by atoms with Crippen molar-refractivity contribution >= 4 is 29.9 Å². The van der Waals surface area contributed by atoms with Crippen LogP contribution in [0.4, 0.5) is 0 Å². The van der Waals surface area contributed by atoms with Gasteiger partial charge in [0.15, 0.2) is 5.96 Å². The van der Waals surface area contributed by atoms with Gasteiger partial charge in [0.2, 0.25) is 0 Å². The van der Waals surface area contributed by atoms with Gasteiger partial charge in [-0.2, -0.15) is 0 Å². The zero-order chi connectivity index (χ0) is 13.4. The highest BCUT2D eigenvalue weighted by Gasteiger charge is 2.13. The summed E-state index contributed by atoms with van der Waals surface area (Å²) in [6, 6.07) is 0. The standard InChI is InChI=1S/C13H27N3O2.HI/c1-13(2,3)16-12(14)15-7-4-8-18-11-5-9-17-10-6-11;/h11H,4-10H2,1-3H3,(H3,14,15,16);1H. The molecule has 0 radical (unpaired) electrons. The summed E-state index contributed by atoms with van der Waals surface area (Å²) in [4.78, 5) is 4.27. The van der Waals surface area contributed by atoms with E-state index in [-0.39, 0.29) is 29.5 Å². The van der Waals surface area contributed by atoms with E-state index >= 15 is 0 Å². The van der Waals surface area contributed by atoms with Gasteiger partial charge in [-0.15, -0.1) is 24.0 Å². The van der Waals surface area contributed by atoms with Gasteiger partial charge in [0, 0.05) is 31.9 Å². The molecule has 0 aromatic rings. The van der Waals surface area contributed by atoms with Gasteiger partial charge in [-0.25, -0.2) is 0 Å². The van der Waals surface area contributed by atoms with Crippen LogP contribution in [-0.4, -0.2) is 44.0 Å². The number of guanidine groups is 1. The molecule has 0 unspecified atom stereocenters. The molecule has 0 bridgehead atoms. The van der Waals surface area contributed by atoms with Crippen molar-refractivity contribution < 1.29 is 9.47 Å². The van der Waals surface area contributed by atoms with E-state index in [4.69, 9.17) is 15.2 Å². The topological polar surface area (TPSA) is 68.9 Å². The number of aliphatic imine (C=N–C) groups is 1. The minimum atomic E-state index is -0.0355.